The van der Waals surface area contributed by atoms with Crippen molar-refractivity contribution < 1.29 is 8.76 Å². The van der Waals surface area contributed by atoms with Crippen molar-refractivity contribution in [2.75, 3.05) is 12.8 Å². The average Bonchev–Trinajstić information content (AvgIpc) is 2.22. The average molecular weight is 224 g/mol. The third kappa shape index (κ3) is 2.48. The molecule has 1 unspecified atom stereocenters. The van der Waals surface area contributed by atoms with Crippen LogP contribution in [-0.2, 0) is 11.1 Å². The summed E-state index contributed by atoms with van der Waals surface area (Å²) in [5.41, 5.74) is 6.55. The van der Waals surface area contributed by atoms with Crippen molar-refractivity contribution in [3.8, 4) is 0 Å². The molecule has 0 amide bonds. The smallest absolute Gasteiger partial charge is 0.155 e. The molecule has 5 nitrogen and oxygen atoms in total. The van der Waals surface area contributed by atoms with E-state index in [2.05, 4.69) is 16.7 Å². The van der Waals surface area contributed by atoms with Crippen molar-refractivity contribution in [3.63, 3.8) is 0 Å². The van der Waals surface area contributed by atoms with E-state index in [-0.39, 0.29) is 4.90 Å². The summed E-state index contributed by atoms with van der Waals surface area (Å²) < 4.78 is 21.5. The fourth-order valence-electron chi connectivity index (χ4n) is 1.11. The Kier molecular flexibility index (Phi) is 3.70. The molecule has 15 heavy (non-hydrogen) atoms. The molecule has 80 valence electrons. The Bertz CT molecular complexity index is 443. The van der Waals surface area contributed by atoms with Crippen LogP contribution in [0.5, 0.6) is 0 Å². The van der Waals surface area contributed by atoms with Crippen LogP contribution in [0.25, 0.3) is 0 Å². The molecule has 1 rings (SSSR count). The molecule has 0 aromatic heterocycles. The van der Waals surface area contributed by atoms with Gasteiger partial charge in [0.05, 0.1) is 0 Å². The van der Waals surface area contributed by atoms with Gasteiger partial charge in [-0.05, 0) is 36.0 Å². The molecular weight excluding hydrogens is 214 g/mol. The maximum atomic E-state index is 10.7. The molecule has 1 atom stereocenters. The molecular formula is C9H10N3O2S-. The summed E-state index contributed by atoms with van der Waals surface area (Å²) in [5.74, 6) is 0.319. The van der Waals surface area contributed by atoms with Crippen LogP contribution >= 0.6 is 0 Å². The van der Waals surface area contributed by atoms with Gasteiger partial charge in [0.25, 0.3) is 0 Å². The van der Waals surface area contributed by atoms with Crippen molar-refractivity contribution in [2.45, 2.75) is 4.90 Å². The number of rotatable bonds is 2. The largest absolute Gasteiger partial charge is 0.768 e. The maximum absolute atomic E-state index is 10.7. The second kappa shape index (κ2) is 4.81. The SMILES string of the molecule is C=NC(=NC)c1cc(S(=O)[O-])ccc1N. The quantitative estimate of drug-likeness (QED) is 0.345. The molecule has 2 N–H and O–H groups in total. The molecule has 0 fully saturated rings. The molecule has 0 bridgehead atoms. The number of nitrogens with zero attached hydrogens (tertiary/aromatic N) is 2. The normalized spacial score (nSPS) is 13.6. The van der Waals surface area contributed by atoms with Gasteiger partial charge < -0.3 is 10.3 Å². The summed E-state index contributed by atoms with van der Waals surface area (Å²) in [7, 11) is 1.53. The van der Waals surface area contributed by atoms with E-state index in [1.54, 1.807) is 0 Å². The van der Waals surface area contributed by atoms with Gasteiger partial charge in [0.2, 0.25) is 0 Å². The first-order chi connectivity index (χ1) is 7.10. The highest BCUT2D eigenvalue weighted by Gasteiger charge is 2.06. The van der Waals surface area contributed by atoms with Crippen LogP contribution in [0.1, 0.15) is 5.56 Å². The predicted octanol–water partition coefficient (Wildman–Crippen LogP) is 0.584. The van der Waals surface area contributed by atoms with Crippen molar-refractivity contribution >= 4 is 29.3 Å². The van der Waals surface area contributed by atoms with E-state index in [0.29, 0.717) is 17.1 Å². The van der Waals surface area contributed by atoms with Gasteiger partial charge in [0.1, 0.15) is 0 Å². The van der Waals surface area contributed by atoms with E-state index in [1.807, 2.05) is 0 Å². The van der Waals surface area contributed by atoms with Gasteiger partial charge in [-0.1, -0.05) is 0 Å². The minimum atomic E-state index is -2.29. The first-order valence-corrected chi connectivity index (χ1v) is 5.10. The first-order valence-electron chi connectivity index (χ1n) is 4.02. The highest BCUT2D eigenvalue weighted by atomic mass is 32.2. The minimum Gasteiger partial charge on any atom is -0.768 e. The summed E-state index contributed by atoms with van der Waals surface area (Å²) in [4.78, 5) is 7.64. The number of anilines is 1. The van der Waals surface area contributed by atoms with Crippen molar-refractivity contribution in [3.05, 3.63) is 23.8 Å². The third-order valence-corrected chi connectivity index (χ3v) is 2.46. The Morgan fingerprint density at radius 3 is 2.73 bits per heavy atom. The third-order valence-electron chi connectivity index (χ3n) is 1.82. The van der Waals surface area contributed by atoms with Gasteiger partial charge in [-0.2, -0.15) is 0 Å². The number of nitrogens with two attached hydrogens (primary N) is 1. The molecule has 1 aromatic carbocycles. The molecule has 0 heterocycles. The van der Waals surface area contributed by atoms with Gasteiger partial charge in [0.15, 0.2) is 5.84 Å². The Morgan fingerprint density at radius 2 is 2.27 bits per heavy atom. The summed E-state index contributed by atoms with van der Waals surface area (Å²) >= 11 is -2.29. The lowest BCUT2D eigenvalue weighted by molar-refractivity contribution is 0.537. The van der Waals surface area contributed by atoms with Crippen LogP contribution < -0.4 is 5.73 Å². The molecule has 0 aliphatic carbocycles. The van der Waals surface area contributed by atoms with Gasteiger partial charge in [-0.25, -0.2) is 4.99 Å². The molecule has 0 saturated carbocycles. The summed E-state index contributed by atoms with van der Waals surface area (Å²) in [6.45, 7) is 3.33. The summed E-state index contributed by atoms with van der Waals surface area (Å²) in [6.07, 6.45) is 0. The zero-order chi connectivity index (χ0) is 11.4. The van der Waals surface area contributed by atoms with E-state index in [0.717, 1.165) is 0 Å². The second-order valence-corrected chi connectivity index (χ2v) is 3.63. The molecule has 0 radical (unpaired) electrons. The number of hydrogen-bond acceptors (Lipinski definition) is 4. The van der Waals surface area contributed by atoms with Crippen LogP contribution in [-0.4, -0.2) is 28.4 Å². The highest BCUT2D eigenvalue weighted by molar-refractivity contribution is 7.79. The lowest BCUT2D eigenvalue weighted by Crippen LogP contribution is -2.03. The van der Waals surface area contributed by atoms with Crippen molar-refractivity contribution in [1.82, 2.24) is 0 Å². The molecule has 0 saturated heterocycles. The Morgan fingerprint density at radius 1 is 1.60 bits per heavy atom. The van der Waals surface area contributed by atoms with Crippen LogP contribution in [0, 0.1) is 0 Å². The minimum absolute atomic E-state index is 0.143. The van der Waals surface area contributed by atoms with Crippen LogP contribution in [0.4, 0.5) is 5.69 Å². The van der Waals surface area contributed by atoms with E-state index in [9.17, 15) is 8.76 Å². The molecule has 0 aliphatic heterocycles. The zero-order valence-electron chi connectivity index (χ0n) is 8.14. The monoisotopic (exact) mass is 224 g/mol. The molecule has 0 aliphatic rings. The van der Waals surface area contributed by atoms with Crippen LogP contribution in [0.2, 0.25) is 0 Å². The zero-order valence-corrected chi connectivity index (χ0v) is 8.95. The Hall–Kier alpha value is -1.53. The molecule has 1 aromatic rings. The van der Waals surface area contributed by atoms with E-state index < -0.39 is 11.1 Å². The second-order valence-electron chi connectivity index (χ2n) is 2.69. The van der Waals surface area contributed by atoms with Gasteiger partial charge in [-0.15, -0.1) is 0 Å². The lowest BCUT2D eigenvalue weighted by atomic mass is 10.1. The lowest BCUT2D eigenvalue weighted by Gasteiger charge is -2.09. The Balaban J connectivity index is 3.33. The summed E-state index contributed by atoms with van der Waals surface area (Å²) in [5, 5.41) is 0. The number of nitrogen functional groups attached to an aromatic ring is 1. The standard InChI is InChI=1S/C9H11N3O2S/c1-11-9(12-2)7-5-6(15(13)14)3-4-8(7)10/h3-5H,1,10H2,2H3,(H,13,14)/p-1. The topological polar surface area (TPSA) is 90.9 Å². The van der Waals surface area contributed by atoms with Crippen LogP contribution in [0.3, 0.4) is 0 Å². The maximum Gasteiger partial charge on any atom is 0.155 e. The van der Waals surface area contributed by atoms with E-state index in [4.69, 9.17) is 5.73 Å². The van der Waals surface area contributed by atoms with Gasteiger partial charge >= 0.3 is 0 Å². The first kappa shape index (κ1) is 11.5. The fraction of sp³-hybridized carbons (Fsp3) is 0.111. The number of hydrogen-bond donors (Lipinski definition) is 1. The van der Waals surface area contributed by atoms with Gasteiger partial charge in [-0.3, -0.25) is 9.20 Å². The van der Waals surface area contributed by atoms with E-state index in [1.165, 1.54) is 25.2 Å². The molecule has 0 spiro atoms. The van der Waals surface area contributed by atoms with Crippen LogP contribution in [0.15, 0.2) is 33.1 Å². The molecule has 6 heteroatoms. The van der Waals surface area contributed by atoms with Crippen molar-refractivity contribution in [2.24, 2.45) is 9.98 Å². The summed E-state index contributed by atoms with van der Waals surface area (Å²) in [6, 6.07) is 4.32. The van der Waals surface area contributed by atoms with E-state index >= 15 is 0 Å². The van der Waals surface area contributed by atoms with Crippen molar-refractivity contribution in [1.29, 1.82) is 0 Å². The number of benzene rings is 1. The Labute approximate surface area is 90.0 Å². The van der Waals surface area contributed by atoms with Gasteiger partial charge in [0, 0.05) is 23.2 Å². The predicted molar refractivity (Wildman–Crippen MR) is 60.1 cm³/mol. The highest BCUT2D eigenvalue weighted by Crippen LogP contribution is 2.17. The fourth-order valence-corrected chi connectivity index (χ4v) is 1.50. The number of amidine groups is 1. The number of aliphatic imine (C=N–C) groups is 2.